The molecular weight excluding hydrogens is 462 g/mol. The Labute approximate surface area is 212 Å². The summed E-state index contributed by atoms with van der Waals surface area (Å²) in [6, 6.07) is 18.9. The van der Waals surface area contributed by atoms with Gasteiger partial charge in [-0.05, 0) is 68.7 Å². The Morgan fingerprint density at radius 1 is 1.14 bits per heavy atom. The molecule has 4 rings (SSSR count). The van der Waals surface area contributed by atoms with Gasteiger partial charge in [-0.25, -0.2) is 9.89 Å². The molecule has 1 atom stereocenters. The first-order valence-electron chi connectivity index (χ1n) is 12.0. The summed E-state index contributed by atoms with van der Waals surface area (Å²) in [6.45, 7) is 7.81. The molecule has 0 saturated carbocycles. The molecule has 0 bridgehead atoms. The number of halogens is 1. The number of aliphatic imine (C=N–C) groups is 1. The SMILES string of the molecule is Cc1cc(Cl)ccc1N1C(=O)C(Cc2ccccc2)N=C1N(CCCOC(C)C)Cc1ccco1. The van der Waals surface area contributed by atoms with E-state index in [9.17, 15) is 4.79 Å². The van der Waals surface area contributed by atoms with E-state index in [2.05, 4.69) is 4.90 Å². The lowest BCUT2D eigenvalue weighted by molar-refractivity contribution is -0.118. The molecule has 1 aromatic heterocycles. The molecule has 1 unspecified atom stereocenters. The molecule has 0 N–H and O–H groups in total. The molecule has 3 aromatic rings. The van der Waals surface area contributed by atoms with Crippen molar-refractivity contribution in [2.45, 2.75) is 52.3 Å². The van der Waals surface area contributed by atoms with Crippen molar-refractivity contribution in [2.24, 2.45) is 4.99 Å². The van der Waals surface area contributed by atoms with Crippen LogP contribution >= 0.6 is 11.6 Å². The number of hydrogen-bond donors (Lipinski definition) is 0. The molecule has 35 heavy (non-hydrogen) atoms. The molecule has 0 aliphatic carbocycles. The first-order valence-corrected chi connectivity index (χ1v) is 12.4. The second-order valence-corrected chi connectivity index (χ2v) is 9.45. The Hall–Kier alpha value is -3.09. The van der Waals surface area contributed by atoms with Crippen molar-refractivity contribution in [3.05, 3.63) is 88.8 Å². The third-order valence-electron chi connectivity index (χ3n) is 5.88. The first kappa shape index (κ1) is 25.0. The molecule has 0 fully saturated rings. The Morgan fingerprint density at radius 3 is 2.63 bits per heavy atom. The highest BCUT2D eigenvalue weighted by Crippen LogP contribution is 2.30. The van der Waals surface area contributed by atoms with Crippen LogP contribution in [0.3, 0.4) is 0 Å². The third-order valence-corrected chi connectivity index (χ3v) is 6.12. The minimum atomic E-state index is -0.506. The average Bonchev–Trinajstić information content (AvgIpc) is 3.45. The minimum absolute atomic E-state index is 0.0443. The van der Waals surface area contributed by atoms with E-state index in [4.69, 9.17) is 25.7 Å². The molecule has 7 heteroatoms. The molecule has 6 nitrogen and oxygen atoms in total. The van der Waals surface area contributed by atoms with Gasteiger partial charge in [0.1, 0.15) is 11.8 Å². The van der Waals surface area contributed by atoms with Gasteiger partial charge in [-0.2, -0.15) is 0 Å². The highest BCUT2D eigenvalue weighted by molar-refractivity contribution is 6.31. The summed E-state index contributed by atoms with van der Waals surface area (Å²) < 4.78 is 11.4. The molecule has 184 valence electrons. The van der Waals surface area contributed by atoms with Crippen LogP contribution in [0.2, 0.25) is 5.02 Å². The lowest BCUT2D eigenvalue weighted by Crippen LogP contribution is -2.45. The van der Waals surface area contributed by atoms with Crippen molar-refractivity contribution in [1.29, 1.82) is 0 Å². The van der Waals surface area contributed by atoms with Crippen molar-refractivity contribution < 1.29 is 13.9 Å². The van der Waals surface area contributed by atoms with Crippen LogP contribution in [-0.4, -0.2) is 42.1 Å². The number of hydrogen-bond acceptors (Lipinski definition) is 5. The Balaban J connectivity index is 1.68. The molecule has 1 aliphatic heterocycles. The van der Waals surface area contributed by atoms with Gasteiger partial charge in [-0.1, -0.05) is 41.9 Å². The Bertz CT molecular complexity index is 1150. The van der Waals surface area contributed by atoms with Crippen LogP contribution in [0.5, 0.6) is 0 Å². The van der Waals surface area contributed by atoms with Crippen molar-refractivity contribution in [3.63, 3.8) is 0 Å². The number of carbonyl (C=O) groups is 1. The predicted octanol–water partition coefficient (Wildman–Crippen LogP) is 5.87. The first-order chi connectivity index (χ1) is 16.9. The summed E-state index contributed by atoms with van der Waals surface area (Å²) in [4.78, 5) is 22.6. The van der Waals surface area contributed by atoms with E-state index < -0.39 is 6.04 Å². The summed E-state index contributed by atoms with van der Waals surface area (Å²) in [7, 11) is 0. The highest BCUT2D eigenvalue weighted by atomic mass is 35.5. The van der Waals surface area contributed by atoms with Gasteiger partial charge in [-0.3, -0.25) is 4.79 Å². The summed E-state index contributed by atoms with van der Waals surface area (Å²) in [5, 5.41) is 0.635. The smallest absolute Gasteiger partial charge is 0.259 e. The van der Waals surface area contributed by atoms with E-state index in [1.807, 2.05) is 81.4 Å². The quantitative estimate of drug-likeness (QED) is 0.331. The Kier molecular flexibility index (Phi) is 8.26. The molecule has 1 aliphatic rings. The fourth-order valence-corrected chi connectivity index (χ4v) is 4.43. The van der Waals surface area contributed by atoms with E-state index in [-0.39, 0.29) is 12.0 Å². The van der Waals surface area contributed by atoms with Crippen molar-refractivity contribution in [2.75, 3.05) is 18.1 Å². The van der Waals surface area contributed by atoms with Crippen LogP contribution in [0, 0.1) is 6.92 Å². The topological polar surface area (TPSA) is 58.3 Å². The third kappa shape index (κ3) is 6.32. The van der Waals surface area contributed by atoms with E-state index in [1.165, 1.54) is 0 Å². The number of carbonyl (C=O) groups excluding carboxylic acids is 1. The van der Waals surface area contributed by atoms with Crippen molar-refractivity contribution in [3.8, 4) is 0 Å². The summed E-state index contributed by atoms with van der Waals surface area (Å²) in [5.41, 5.74) is 2.78. The number of benzene rings is 2. The van der Waals surface area contributed by atoms with Crippen molar-refractivity contribution in [1.82, 2.24) is 4.90 Å². The van der Waals surface area contributed by atoms with Gasteiger partial charge < -0.3 is 14.1 Å². The summed E-state index contributed by atoms with van der Waals surface area (Å²) >= 11 is 6.23. The zero-order valence-electron chi connectivity index (χ0n) is 20.5. The maximum absolute atomic E-state index is 13.8. The molecule has 0 radical (unpaired) electrons. The minimum Gasteiger partial charge on any atom is -0.467 e. The van der Waals surface area contributed by atoms with Crippen LogP contribution in [0.25, 0.3) is 0 Å². The molecule has 2 heterocycles. The second kappa shape index (κ2) is 11.6. The molecule has 2 aromatic carbocycles. The van der Waals surface area contributed by atoms with Crippen LogP contribution in [0.15, 0.2) is 76.3 Å². The number of anilines is 1. The standard InChI is InChI=1S/C28H32ClN3O3/c1-20(2)34-16-8-14-31(19-24-11-7-15-35-24)28-30-25(18-22-9-5-4-6-10-22)27(33)32(28)26-13-12-23(29)17-21(26)3/h4-7,9-13,15,17,20,25H,8,14,16,18-19H2,1-3H3. The average molecular weight is 494 g/mol. The fraction of sp³-hybridized carbons (Fsp3) is 0.357. The van der Waals surface area contributed by atoms with E-state index in [1.54, 1.807) is 11.2 Å². The van der Waals surface area contributed by atoms with Gasteiger partial charge in [-0.15, -0.1) is 0 Å². The van der Waals surface area contributed by atoms with Gasteiger partial charge in [0.15, 0.2) is 0 Å². The van der Waals surface area contributed by atoms with Gasteiger partial charge in [0, 0.05) is 24.6 Å². The maximum Gasteiger partial charge on any atom is 0.259 e. The predicted molar refractivity (Wildman–Crippen MR) is 140 cm³/mol. The van der Waals surface area contributed by atoms with Gasteiger partial charge in [0.05, 0.1) is 24.6 Å². The number of guanidine groups is 1. The van der Waals surface area contributed by atoms with Gasteiger partial charge in [0.2, 0.25) is 5.96 Å². The monoisotopic (exact) mass is 493 g/mol. The zero-order chi connectivity index (χ0) is 24.8. The molecule has 1 amide bonds. The largest absolute Gasteiger partial charge is 0.467 e. The molecular formula is C28H32ClN3O3. The van der Waals surface area contributed by atoms with E-state index in [0.717, 1.165) is 29.0 Å². The number of nitrogens with zero attached hydrogens (tertiary/aromatic N) is 3. The number of aryl methyl sites for hydroxylation is 1. The number of ether oxygens (including phenoxy) is 1. The number of rotatable bonds is 10. The van der Waals surface area contributed by atoms with Gasteiger partial charge >= 0.3 is 0 Å². The summed E-state index contributed by atoms with van der Waals surface area (Å²) in [6.07, 6.45) is 3.17. The van der Waals surface area contributed by atoms with Crippen LogP contribution in [-0.2, 0) is 22.5 Å². The van der Waals surface area contributed by atoms with E-state index >= 15 is 0 Å². The lowest BCUT2D eigenvalue weighted by Gasteiger charge is -2.30. The van der Waals surface area contributed by atoms with Crippen molar-refractivity contribution >= 4 is 29.2 Å². The van der Waals surface area contributed by atoms with Crippen LogP contribution in [0.1, 0.15) is 37.2 Å². The summed E-state index contributed by atoms with van der Waals surface area (Å²) in [5.74, 6) is 1.39. The van der Waals surface area contributed by atoms with Crippen LogP contribution in [0.4, 0.5) is 5.69 Å². The maximum atomic E-state index is 13.8. The molecule has 0 spiro atoms. The lowest BCUT2D eigenvalue weighted by atomic mass is 10.1. The Morgan fingerprint density at radius 2 is 1.94 bits per heavy atom. The van der Waals surface area contributed by atoms with Gasteiger partial charge in [0.25, 0.3) is 5.91 Å². The molecule has 0 saturated heterocycles. The van der Waals surface area contributed by atoms with Crippen LogP contribution < -0.4 is 4.90 Å². The normalized spacial score (nSPS) is 15.7. The number of amides is 1. The zero-order valence-corrected chi connectivity index (χ0v) is 21.2. The fourth-order valence-electron chi connectivity index (χ4n) is 4.20. The highest BCUT2D eigenvalue weighted by Gasteiger charge is 2.39. The second-order valence-electron chi connectivity index (χ2n) is 9.01. The number of furan rings is 1. The van der Waals surface area contributed by atoms with E-state index in [0.29, 0.717) is 37.1 Å².